The lowest BCUT2D eigenvalue weighted by atomic mass is 10.1. The van der Waals surface area contributed by atoms with Gasteiger partial charge in [-0.1, -0.05) is 24.6 Å². The van der Waals surface area contributed by atoms with E-state index in [9.17, 15) is 0 Å². The second-order valence-corrected chi connectivity index (χ2v) is 6.04. The van der Waals surface area contributed by atoms with Gasteiger partial charge < -0.3 is 10.3 Å². The number of halogens is 1. The van der Waals surface area contributed by atoms with Crippen LogP contribution in [0.2, 0.25) is 5.02 Å². The fourth-order valence-corrected chi connectivity index (χ4v) is 2.97. The van der Waals surface area contributed by atoms with Crippen molar-refractivity contribution in [3.63, 3.8) is 0 Å². The minimum absolute atomic E-state index is 0.248. The zero-order valence-corrected chi connectivity index (χ0v) is 14.1. The van der Waals surface area contributed by atoms with Crippen LogP contribution in [-0.2, 0) is 6.54 Å². The Labute approximate surface area is 145 Å². The summed E-state index contributed by atoms with van der Waals surface area (Å²) in [7, 11) is 0. The Morgan fingerprint density at radius 1 is 1.29 bits per heavy atom. The molecule has 0 unspecified atom stereocenters. The Bertz CT molecular complexity index is 887. The lowest BCUT2D eigenvalue weighted by Crippen LogP contribution is -2.16. The number of hydrogen-bond donors (Lipinski definition) is 1. The molecule has 122 valence electrons. The third-order valence-corrected chi connectivity index (χ3v) is 4.41. The van der Waals surface area contributed by atoms with E-state index in [0.717, 1.165) is 30.0 Å². The van der Waals surface area contributed by atoms with Crippen molar-refractivity contribution < 1.29 is 0 Å². The molecule has 24 heavy (non-hydrogen) atoms. The topological polar surface area (TPSA) is 72.6 Å². The van der Waals surface area contributed by atoms with Crippen LogP contribution >= 0.6 is 11.6 Å². The van der Waals surface area contributed by atoms with Gasteiger partial charge in [0.1, 0.15) is 11.9 Å². The molecule has 5 nitrogen and oxygen atoms in total. The fourth-order valence-electron chi connectivity index (χ4n) is 2.75. The van der Waals surface area contributed by atoms with Crippen molar-refractivity contribution in [1.82, 2.24) is 14.3 Å². The van der Waals surface area contributed by atoms with E-state index >= 15 is 0 Å². The highest BCUT2D eigenvalue weighted by atomic mass is 35.5. The zero-order valence-electron chi connectivity index (χ0n) is 13.4. The first-order valence-electron chi connectivity index (χ1n) is 7.78. The van der Waals surface area contributed by atoms with E-state index in [1.54, 1.807) is 12.1 Å². The van der Waals surface area contributed by atoms with Crippen molar-refractivity contribution >= 4 is 17.4 Å². The van der Waals surface area contributed by atoms with Crippen LogP contribution in [0.4, 0.5) is 5.82 Å². The molecule has 0 spiro atoms. The maximum Gasteiger partial charge on any atom is 0.103 e. The molecule has 2 heterocycles. The average Bonchev–Trinajstić information content (AvgIpc) is 3.21. The molecule has 1 aromatic carbocycles. The van der Waals surface area contributed by atoms with Crippen LogP contribution in [-0.4, -0.2) is 14.3 Å². The maximum atomic E-state index is 8.96. The summed E-state index contributed by atoms with van der Waals surface area (Å²) in [6.45, 7) is 2.87. The molecule has 0 amide bonds. The van der Waals surface area contributed by atoms with Crippen LogP contribution in [0.15, 0.2) is 48.8 Å². The van der Waals surface area contributed by atoms with Crippen LogP contribution in [0.5, 0.6) is 0 Å². The predicted molar refractivity (Wildman–Crippen MR) is 95.6 cm³/mol. The number of aromatic nitrogens is 3. The number of benzene rings is 1. The van der Waals surface area contributed by atoms with Gasteiger partial charge in [-0.2, -0.15) is 10.4 Å². The van der Waals surface area contributed by atoms with Gasteiger partial charge >= 0.3 is 0 Å². The number of nitrogen functional groups attached to an aromatic ring is 1. The van der Waals surface area contributed by atoms with Crippen LogP contribution < -0.4 is 5.73 Å². The Morgan fingerprint density at radius 3 is 2.75 bits per heavy atom. The predicted octanol–water partition coefficient (Wildman–Crippen LogP) is 4.11. The van der Waals surface area contributed by atoms with E-state index in [4.69, 9.17) is 22.6 Å². The first-order chi connectivity index (χ1) is 11.6. The number of rotatable bonds is 5. The minimum atomic E-state index is 0.248. The summed E-state index contributed by atoms with van der Waals surface area (Å²) in [6.07, 6.45) is 4.90. The van der Waals surface area contributed by atoms with Crippen LogP contribution in [0.1, 0.15) is 24.9 Å². The van der Waals surface area contributed by atoms with Gasteiger partial charge in [-0.05, 0) is 36.8 Å². The molecule has 0 aliphatic heterocycles. The average molecular weight is 340 g/mol. The van der Waals surface area contributed by atoms with Crippen molar-refractivity contribution in [3.8, 4) is 17.3 Å². The van der Waals surface area contributed by atoms with E-state index in [1.807, 2.05) is 41.3 Å². The largest absolute Gasteiger partial charge is 0.385 e. The highest BCUT2D eigenvalue weighted by Crippen LogP contribution is 2.25. The standard InChI is InChI=1S/C18H18ClN5/c1-2-15(24-8-3-4-18(24)21)12-23-9-7-17(22-23)13-5-6-14(11-20)16(19)10-13/h3-10,15H,2,12,21H2,1H3/t15-/m0/s1. The zero-order chi connectivity index (χ0) is 17.1. The molecule has 1 atom stereocenters. The van der Waals surface area contributed by atoms with E-state index in [2.05, 4.69) is 22.7 Å². The van der Waals surface area contributed by atoms with Crippen LogP contribution in [0.25, 0.3) is 11.3 Å². The Hall–Kier alpha value is -2.71. The molecule has 2 aromatic heterocycles. The Kier molecular flexibility index (Phi) is 4.59. The number of nitrogens with zero attached hydrogens (tertiary/aromatic N) is 4. The number of hydrogen-bond acceptors (Lipinski definition) is 3. The summed E-state index contributed by atoms with van der Waals surface area (Å²) in [5.41, 5.74) is 8.19. The third kappa shape index (κ3) is 3.15. The van der Waals surface area contributed by atoms with Gasteiger partial charge in [0.2, 0.25) is 0 Å². The van der Waals surface area contributed by atoms with Gasteiger partial charge in [0.15, 0.2) is 0 Å². The monoisotopic (exact) mass is 339 g/mol. The van der Waals surface area contributed by atoms with Crippen molar-refractivity contribution in [2.75, 3.05) is 5.73 Å². The molecule has 0 bridgehead atoms. The normalized spacial score (nSPS) is 12.0. The van der Waals surface area contributed by atoms with E-state index in [1.165, 1.54) is 0 Å². The second-order valence-electron chi connectivity index (χ2n) is 5.63. The SMILES string of the molecule is CC[C@@H](Cn1ccc(-c2ccc(C#N)c(Cl)c2)n1)n1cccc1N. The van der Waals surface area contributed by atoms with Gasteiger partial charge in [0.05, 0.1) is 28.9 Å². The summed E-state index contributed by atoms with van der Waals surface area (Å²) in [4.78, 5) is 0. The van der Waals surface area contributed by atoms with Crippen LogP contribution in [0, 0.1) is 11.3 Å². The molecule has 3 rings (SSSR count). The molecular weight excluding hydrogens is 322 g/mol. The first kappa shape index (κ1) is 16.2. The van der Waals surface area contributed by atoms with Gasteiger partial charge in [0, 0.05) is 18.0 Å². The first-order valence-corrected chi connectivity index (χ1v) is 8.16. The number of nitriles is 1. The van der Waals surface area contributed by atoms with Crippen molar-refractivity contribution in [2.45, 2.75) is 25.9 Å². The van der Waals surface area contributed by atoms with Gasteiger partial charge in [-0.15, -0.1) is 0 Å². The summed E-state index contributed by atoms with van der Waals surface area (Å²) >= 11 is 6.10. The van der Waals surface area contributed by atoms with E-state index in [-0.39, 0.29) is 6.04 Å². The van der Waals surface area contributed by atoms with E-state index < -0.39 is 0 Å². The molecule has 0 saturated carbocycles. The van der Waals surface area contributed by atoms with E-state index in [0.29, 0.717) is 10.6 Å². The summed E-state index contributed by atoms with van der Waals surface area (Å²) in [5.74, 6) is 0.758. The minimum Gasteiger partial charge on any atom is -0.385 e. The highest BCUT2D eigenvalue weighted by Gasteiger charge is 2.13. The number of nitrogens with two attached hydrogens (primary N) is 1. The number of anilines is 1. The van der Waals surface area contributed by atoms with Crippen LogP contribution in [0.3, 0.4) is 0 Å². The van der Waals surface area contributed by atoms with Gasteiger partial charge in [-0.3, -0.25) is 4.68 Å². The molecular formula is C18H18ClN5. The third-order valence-electron chi connectivity index (χ3n) is 4.10. The van der Waals surface area contributed by atoms with Crippen molar-refractivity contribution in [1.29, 1.82) is 5.26 Å². The molecule has 0 radical (unpaired) electrons. The Morgan fingerprint density at radius 2 is 2.12 bits per heavy atom. The van der Waals surface area contributed by atoms with Crippen molar-refractivity contribution in [2.24, 2.45) is 0 Å². The lowest BCUT2D eigenvalue weighted by Gasteiger charge is -2.18. The molecule has 2 N–H and O–H groups in total. The molecule has 6 heteroatoms. The smallest absolute Gasteiger partial charge is 0.103 e. The molecule has 0 aliphatic carbocycles. The molecule has 0 fully saturated rings. The maximum absolute atomic E-state index is 8.96. The molecule has 0 saturated heterocycles. The fraction of sp³-hybridized carbons (Fsp3) is 0.222. The van der Waals surface area contributed by atoms with Gasteiger partial charge in [0.25, 0.3) is 0 Å². The highest BCUT2D eigenvalue weighted by molar-refractivity contribution is 6.32. The lowest BCUT2D eigenvalue weighted by molar-refractivity contribution is 0.402. The summed E-state index contributed by atoms with van der Waals surface area (Å²) < 4.78 is 3.98. The Balaban J connectivity index is 1.82. The van der Waals surface area contributed by atoms with Crippen molar-refractivity contribution in [3.05, 3.63) is 59.4 Å². The molecule has 3 aromatic rings. The quantitative estimate of drug-likeness (QED) is 0.760. The van der Waals surface area contributed by atoms with Gasteiger partial charge in [-0.25, -0.2) is 0 Å². The molecule has 0 aliphatic rings. The summed E-state index contributed by atoms with van der Waals surface area (Å²) in [6, 6.07) is 13.5. The second kappa shape index (κ2) is 6.81. The summed E-state index contributed by atoms with van der Waals surface area (Å²) in [5, 5.41) is 14.0.